The van der Waals surface area contributed by atoms with E-state index in [9.17, 15) is 0 Å². The summed E-state index contributed by atoms with van der Waals surface area (Å²) in [5.41, 5.74) is 3.37. The zero-order valence-electron chi connectivity index (χ0n) is 11.3. The summed E-state index contributed by atoms with van der Waals surface area (Å²) in [7, 11) is 0. The SMILES string of the molecule is C=C(/C=C/c1cnc2ccccc2c1)C(C)(C)C. The lowest BCUT2D eigenvalue weighted by atomic mass is 9.87. The minimum atomic E-state index is 0.112. The van der Waals surface area contributed by atoms with Gasteiger partial charge in [0.15, 0.2) is 0 Å². The number of benzene rings is 1. The van der Waals surface area contributed by atoms with Crippen molar-refractivity contribution >= 4 is 17.0 Å². The Labute approximate surface area is 109 Å². The van der Waals surface area contributed by atoms with Crippen molar-refractivity contribution in [2.45, 2.75) is 20.8 Å². The van der Waals surface area contributed by atoms with Gasteiger partial charge in [0.2, 0.25) is 0 Å². The van der Waals surface area contributed by atoms with Gasteiger partial charge < -0.3 is 0 Å². The van der Waals surface area contributed by atoms with Gasteiger partial charge in [0.05, 0.1) is 5.52 Å². The summed E-state index contributed by atoms with van der Waals surface area (Å²) in [6.07, 6.45) is 6.05. The summed E-state index contributed by atoms with van der Waals surface area (Å²) >= 11 is 0. The number of hydrogen-bond acceptors (Lipinski definition) is 1. The molecule has 2 rings (SSSR count). The zero-order valence-corrected chi connectivity index (χ0v) is 11.3. The molecule has 0 aliphatic heterocycles. The predicted molar refractivity (Wildman–Crippen MR) is 79.4 cm³/mol. The first-order valence-electron chi connectivity index (χ1n) is 6.19. The summed E-state index contributed by atoms with van der Waals surface area (Å²) in [6.45, 7) is 10.6. The fourth-order valence-corrected chi connectivity index (χ4v) is 1.63. The van der Waals surface area contributed by atoms with Gasteiger partial charge in [-0.15, -0.1) is 0 Å². The third-order valence-electron chi connectivity index (χ3n) is 3.05. The van der Waals surface area contributed by atoms with Crippen LogP contribution in [-0.2, 0) is 0 Å². The molecule has 0 radical (unpaired) electrons. The maximum Gasteiger partial charge on any atom is 0.0702 e. The second-order valence-corrected chi connectivity index (χ2v) is 5.57. The second kappa shape index (κ2) is 4.77. The van der Waals surface area contributed by atoms with Crippen molar-refractivity contribution in [2.24, 2.45) is 5.41 Å². The van der Waals surface area contributed by atoms with E-state index in [-0.39, 0.29) is 5.41 Å². The Morgan fingerprint density at radius 1 is 1.22 bits per heavy atom. The summed E-state index contributed by atoms with van der Waals surface area (Å²) < 4.78 is 0. The number of aromatic nitrogens is 1. The second-order valence-electron chi connectivity index (χ2n) is 5.57. The maximum atomic E-state index is 4.44. The average Bonchev–Trinajstić information content (AvgIpc) is 2.34. The Kier molecular flexibility index (Phi) is 3.33. The highest BCUT2D eigenvalue weighted by Crippen LogP contribution is 2.25. The summed E-state index contributed by atoms with van der Waals surface area (Å²) in [5.74, 6) is 0. The largest absolute Gasteiger partial charge is 0.256 e. The normalized spacial score (nSPS) is 12.2. The number of hydrogen-bond donors (Lipinski definition) is 0. The number of pyridine rings is 1. The van der Waals surface area contributed by atoms with Crippen LogP contribution >= 0.6 is 0 Å². The van der Waals surface area contributed by atoms with Crippen molar-refractivity contribution in [3.05, 3.63) is 60.3 Å². The molecule has 0 saturated carbocycles. The van der Waals surface area contributed by atoms with E-state index in [1.165, 1.54) is 5.39 Å². The highest BCUT2D eigenvalue weighted by Gasteiger charge is 2.11. The van der Waals surface area contributed by atoms with Crippen LogP contribution in [0.2, 0.25) is 0 Å². The molecule has 0 fully saturated rings. The first kappa shape index (κ1) is 12.6. The molecule has 0 unspecified atom stereocenters. The molecule has 1 aromatic carbocycles. The summed E-state index contributed by atoms with van der Waals surface area (Å²) in [4.78, 5) is 4.44. The average molecular weight is 237 g/mol. The first-order valence-corrected chi connectivity index (χ1v) is 6.19. The van der Waals surface area contributed by atoms with Crippen LogP contribution in [0.15, 0.2) is 54.8 Å². The van der Waals surface area contributed by atoms with Crippen molar-refractivity contribution in [1.82, 2.24) is 4.98 Å². The number of nitrogens with zero attached hydrogens (tertiary/aromatic N) is 1. The molecule has 0 aliphatic carbocycles. The Hall–Kier alpha value is -1.89. The van der Waals surface area contributed by atoms with E-state index in [0.717, 1.165) is 16.7 Å². The van der Waals surface area contributed by atoms with Crippen molar-refractivity contribution in [2.75, 3.05) is 0 Å². The fourth-order valence-electron chi connectivity index (χ4n) is 1.63. The molecule has 0 amide bonds. The summed E-state index contributed by atoms with van der Waals surface area (Å²) in [5, 5.41) is 1.17. The Balaban J connectivity index is 2.27. The molecule has 18 heavy (non-hydrogen) atoms. The Bertz CT molecular complexity index is 600. The smallest absolute Gasteiger partial charge is 0.0702 e. The molecule has 1 heterocycles. The highest BCUT2D eigenvalue weighted by atomic mass is 14.6. The third-order valence-corrected chi connectivity index (χ3v) is 3.05. The minimum absolute atomic E-state index is 0.112. The molecule has 92 valence electrons. The molecule has 0 saturated heterocycles. The molecular weight excluding hydrogens is 218 g/mol. The molecule has 0 aliphatic rings. The van der Waals surface area contributed by atoms with E-state index >= 15 is 0 Å². The van der Waals surface area contributed by atoms with E-state index in [4.69, 9.17) is 0 Å². The number of rotatable bonds is 2. The molecule has 0 spiro atoms. The van der Waals surface area contributed by atoms with Crippen LogP contribution in [0.4, 0.5) is 0 Å². The Morgan fingerprint density at radius 2 is 1.94 bits per heavy atom. The lowest BCUT2D eigenvalue weighted by molar-refractivity contribution is 0.519. The summed E-state index contributed by atoms with van der Waals surface area (Å²) in [6, 6.07) is 10.3. The van der Waals surface area contributed by atoms with Crippen molar-refractivity contribution in [3.63, 3.8) is 0 Å². The van der Waals surface area contributed by atoms with Gasteiger partial charge in [-0.05, 0) is 28.7 Å². The number of allylic oxidation sites excluding steroid dienone is 2. The third kappa shape index (κ3) is 2.86. The van der Waals surface area contributed by atoms with E-state index < -0.39 is 0 Å². The minimum Gasteiger partial charge on any atom is -0.256 e. The van der Waals surface area contributed by atoms with E-state index in [1.54, 1.807) is 0 Å². The molecule has 0 bridgehead atoms. The lowest BCUT2D eigenvalue weighted by Gasteiger charge is -2.18. The lowest BCUT2D eigenvalue weighted by Crippen LogP contribution is -2.05. The van der Waals surface area contributed by atoms with Gasteiger partial charge >= 0.3 is 0 Å². The van der Waals surface area contributed by atoms with Crippen LogP contribution in [0.1, 0.15) is 26.3 Å². The predicted octanol–water partition coefficient (Wildman–Crippen LogP) is 4.85. The molecule has 2 aromatic rings. The molecule has 1 aromatic heterocycles. The van der Waals surface area contributed by atoms with E-state index in [0.29, 0.717) is 0 Å². The van der Waals surface area contributed by atoms with Gasteiger partial charge in [-0.25, -0.2) is 0 Å². The monoisotopic (exact) mass is 237 g/mol. The van der Waals surface area contributed by atoms with E-state index in [1.807, 2.05) is 24.4 Å². The molecule has 0 atom stereocenters. The molecule has 1 heteroatoms. The van der Waals surface area contributed by atoms with Gasteiger partial charge in [0.25, 0.3) is 0 Å². The quantitative estimate of drug-likeness (QED) is 0.680. The van der Waals surface area contributed by atoms with Gasteiger partial charge in [-0.3, -0.25) is 4.98 Å². The van der Waals surface area contributed by atoms with Crippen LogP contribution in [0.25, 0.3) is 17.0 Å². The topological polar surface area (TPSA) is 12.9 Å². The fraction of sp³-hybridized carbons (Fsp3) is 0.235. The molecular formula is C17H19N. The van der Waals surface area contributed by atoms with Crippen molar-refractivity contribution < 1.29 is 0 Å². The van der Waals surface area contributed by atoms with Crippen LogP contribution in [0.3, 0.4) is 0 Å². The zero-order chi connectivity index (χ0) is 13.2. The van der Waals surface area contributed by atoms with Crippen LogP contribution in [0, 0.1) is 5.41 Å². The van der Waals surface area contributed by atoms with Crippen LogP contribution in [0.5, 0.6) is 0 Å². The maximum absolute atomic E-state index is 4.44. The van der Waals surface area contributed by atoms with Gasteiger partial charge in [0.1, 0.15) is 0 Å². The number of fused-ring (bicyclic) bond motifs is 1. The van der Waals surface area contributed by atoms with E-state index in [2.05, 4.69) is 56.6 Å². The van der Waals surface area contributed by atoms with Gasteiger partial charge in [0, 0.05) is 11.6 Å². The first-order chi connectivity index (χ1) is 8.47. The highest BCUT2D eigenvalue weighted by molar-refractivity contribution is 5.80. The Morgan fingerprint density at radius 3 is 2.67 bits per heavy atom. The van der Waals surface area contributed by atoms with Gasteiger partial charge in [-0.1, -0.05) is 57.7 Å². The van der Waals surface area contributed by atoms with Gasteiger partial charge in [-0.2, -0.15) is 0 Å². The molecule has 0 N–H and O–H groups in total. The van der Waals surface area contributed by atoms with Crippen molar-refractivity contribution in [3.8, 4) is 0 Å². The molecule has 1 nitrogen and oxygen atoms in total. The van der Waals surface area contributed by atoms with Crippen LogP contribution in [-0.4, -0.2) is 4.98 Å². The van der Waals surface area contributed by atoms with Crippen LogP contribution < -0.4 is 0 Å². The number of para-hydroxylation sites is 1. The standard InChI is InChI=1S/C17H19N/c1-13(17(2,3)4)9-10-14-11-15-7-5-6-8-16(15)18-12-14/h5-12H,1H2,2-4H3/b10-9+. The van der Waals surface area contributed by atoms with Crippen molar-refractivity contribution in [1.29, 1.82) is 0 Å².